The molecule has 1 aromatic carbocycles. The Balaban J connectivity index is 2.38. The normalized spacial score (nSPS) is 15.4. The van der Waals surface area contributed by atoms with Gasteiger partial charge in [0.25, 0.3) is 0 Å². The molecule has 1 aromatic heterocycles. The Morgan fingerprint density at radius 2 is 1.69 bits per heavy atom. The first-order valence-corrected chi connectivity index (χ1v) is 9.05. The molecule has 0 aliphatic carbocycles. The molecule has 2 N–H and O–H groups in total. The van der Waals surface area contributed by atoms with E-state index in [2.05, 4.69) is 10.1 Å². The molecule has 2 rings (SSSR count). The van der Waals surface area contributed by atoms with Gasteiger partial charge < -0.3 is 5.11 Å². The van der Waals surface area contributed by atoms with E-state index < -0.39 is 34.5 Å². The molecule has 0 amide bonds. The van der Waals surface area contributed by atoms with Crippen LogP contribution in [0.4, 0.5) is 26.3 Å². The maximum Gasteiger partial charge on any atom is 0.416 e. The fourth-order valence-electron chi connectivity index (χ4n) is 2.92. The van der Waals surface area contributed by atoms with E-state index in [4.69, 9.17) is 12.2 Å². The Bertz CT molecular complexity index is 910. The Hall–Kier alpha value is -1.88. The zero-order valence-corrected chi connectivity index (χ0v) is 16.8. The number of aliphatic hydroxyl groups is 1. The van der Waals surface area contributed by atoms with Crippen molar-refractivity contribution in [2.75, 3.05) is 0 Å². The first-order valence-electron chi connectivity index (χ1n) is 8.64. The smallest absolute Gasteiger partial charge is 0.387 e. The molecular weight excluding hydrogens is 420 g/mol. The number of alkyl halides is 6. The summed E-state index contributed by atoms with van der Waals surface area (Å²) in [5.41, 5.74) is -5.33. The minimum Gasteiger partial charge on any atom is -0.387 e. The number of nitrogens with one attached hydrogen (secondary N) is 1. The van der Waals surface area contributed by atoms with E-state index in [0.717, 1.165) is 6.07 Å². The van der Waals surface area contributed by atoms with Crippen LogP contribution in [0, 0.1) is 10.2 Å². The number of aromatic amines is 1. The Morgan fingerprint density at radius 1 is 1.07 bits per heavy atom. The van der Waals surface area contributed by atoms with Gasteiger partial charge in [0.2, 0.25) is 4.77 Å². The van der Waals surface area contributed by atoms with E-state index in [-0.39, 0.29) is 35.8 Å². The molecule has 0 fully saturated rings. The molecule has 11 heteroatoms. The SMILES string of the molecule is CC(C)(C)C(O)(CCc1ccc(C(F)(F)F)cc1C(F)(F)F)Cn1[nH]cnc1=S. The molecule has 0 aliphatic heterocycles. The summed E-state index contributed by atoms with van der Waals surface area (Å²) in [5.74, 6) is 0. The van der Waals surface area contributed by atoms with Crippen molar-refractivity contribution in [2.24, 2.45) is 5.41 Å². The molecule has 0 bridgehead atoms. The molecule has 1 atom stereocenters. The summed E-state index contributed by atoms with van der Waals surface area (Å²) in [4.78, 5) is 3.84. The summed E-state index contributed by atoms with van der Waals surface area (Å²) in [6.45, 7) is 5.08. The van der Waals surface area contributed by atoms with Crippen molar-refractivity contribution in [3.8, 4) is 0 Å². The van der Waals surface area contributed by atoms with E-state index in [1.165, 1.54) is 11.0 Å². The van der Waals surface area contributed by atoms with Crippen LogP contribution in [0.1, 0.15) is 43.9 Å². The molecular formula is C18H21F6N3OS. The van der Waals surface area contributed by atoms with Crippen molar-refractivity contribution >= 4 is 12.2 Å². The van der Waals surface area contributed by atoms with Crippen molar-refractivity contribution in [3.63, 3.8) is 0 Å². The first-order chi connectivity index (χ1) is 13.0. The Morgan fingerprint density at radius 3 is 2.14 bits per heavy atom. The second kappa shape index (κ2) is 7.75. The van der Waals surface area contributed by atoms with Crippen LogP contribution in [0.3, 0.4) is 0 Å². The first kappa shape index (κ1) is 23.4. The third-order valence-corrected chi connectivity index (χ3v) is 5.31. The van der Waals surface area contributed by atoms with Gasteiger partial charge in [-0.3, -0.25) is 9.78 Å². The second-order valence-electron chi connectivity index (χ2n) is 7.91. The van der Waals surface area contributed by atoms with Gasteiger partial charge >= 0.3 is 12.4 Å². The number of aryl methyl sites for hydroxylation is 1. The lowest BCUT2D eigenvalue weighted by molar-refractivity contribution is -0.143. The zero-order valence-electron chi connectivity index (χ0n) is 15.9. The van der Waals surface area contributed by atoms with E-state index >= 15 is 0 Å². The van der Waals surface area contributed by atoms with Crippen LogP contribution in [0.5, 0.6) is 0 Å². The highest BCUT2D eigenvalue weighted by molar-refractivity contribution is 7.71. The Kier molecular flexibility index (Phi) is 6.25. The molecule has 1 heterocycles. The van der Waals surface area contributed by atoms with Crippen molar-refractivity contribution in [1.82, 2.24) is 14.8 Å². The van der Waals surface area contributed by atoms with Crippen molar-refractivity contribution in [3.05, 3.63) is 46.0 Å². The minimum atomic E-state index is -4.96. The molecule has 0 saturated heterocycles. The van der Waals surface area contributed by atoms with Gasteiger partial charge in [0.05, 0.1) is 23.3 Å². The van der Waals surface area contributed by atoms with Gasteiger partial charge in [-0.05, 0) is 48.2 Å². The molecule has 0 spiro atoms. The zero-order chi connectivity index (χ0) is 22.3. The van der Waals surface area contributed by atoms with E-state index in [0.29, 0.717) is 6.07 Å². The summed E-state index contributed by atoms with van der Waals surface area (Å²) in [6, 6.07) is 1.54. The molecule has 162 valence electrons. The number of nitrogens with zero attached hydrogens (tertiary/aromatic N) is 2. The number of aromatic nitrogens is 3. The predicted octanol–water partition coefficient (Wildman–Crippen LogP) is 5.39. The van der Waals surface area contributed by atoms with Crippen molar-refractivity contribution in [1.29, 1.82) is 0 Å². The number of hydrogen-bond acceptors (Lipinski definition) is 3. The van der Waals surface area contributed by atoms with Crippen LogP contribution < -0.4 is 0 Å². The van der Waals surface area contributed by atoms with E-state index in [9.17, 15) is 31.4 Å². The molecule has 0 saturated carbocycles. The van der Waals surface area contributed by atoms with Crippen LogP contribution in [-0.2, 0) is 25.3 Å². The van der Waals surface area contributed by atoms with Gasteiger partial charge in [-0.2, -0.15) is 26.3 Å². The lowest BCUT2D eigenvalue weighted by Gasteiger charge is -2.40. The van der Waals surface area contributed by atoms with Gasteiger partial charge in [0.15, 0.2) is 0 Å². The number of hydrogen-bond donors (Lipinski definition) is 2. The highest BCUT2D eigenvalue weighted by Gasteiger charge is 2.42. The highest BCUT2D eigenvalue weighted by atomic mass is 32.1. The molecule has 1 unspecified atom stereocenters. The third kappa shape index (κ3) is 5.39. The monoisotopic (exact) mass is 441 g/mol. The van der Waals surface area contributed by atoms with Gasteiger partial charge in [0, 0.05) is 0 Å². The van der Waals surface area contributed by atoms with E-state index in [1.807, 2.05) is 0 Å². The molecule has 0 aliphatic rings. The van der Waals surface area contributed by atoms with Gasteiger partial charge in [0.1, 0.15) is 6.33 Å². The lowest BCUT2D eigenvalue weighted by atomic mass is 9.73. The lowest BCUT2D eigenvalue weighted by Crippen LogP contribution is -2.47. The molecule has 2 aromatic rings. The quantitative estimate of drug-likeness (QED) is 0.483. The van der Waals surface area contributed by atoms with E-state index in [1.54, 1.807) is 20.8 Å². The second-order valence-corrected chi connectivity index (χ2v) is 8.27. The molecule has 29 heavy (non-hydrogen) atoms. The standard InChI is InChI=1S/C18H21F6N3OS/c1-15(2,3)16(28,9-27-14(29)25-10-26-27)7-6-11-4-5-12(17(19,20)21)8-13(11)18(22,23)24/h4-5,8,10,28H,6-7,9H2,1-3H3,(H,25,26,29). The maximum absolute atomic E-state index is 13.4. The van der Waals surface area contributed by atoms with Gasteiger partial charge in [-0.25, -0.2) is 4.98 Å². The fraction of sp³-hybridized carbons (Fsp3) is 0.556. The highest BCUT2D eigenvalue weighted by Crippen LogP contribution is 2.40. The maximum atomic E-state index is 13.4. The number of benzene rings is 1. The number of rotatable bonds is 5. The van der Waals surface area contributed by atoms with Crippen LogP contribution in [-0.4, -0.2) is 25.5 Å². The van der Waals surface area contributed by atoms with Crippen LogP contribution in [0.2, 0.25) is 0 Å². The topological polar surface area (TPSA) is 53.8 Å². The van der Waals surface area contributed by atoms with Gasteiger partial charge in [-0.1, -0.05) is 26.8 Å². The largest absolute Gasteiger partial charge is 0.416 e. The average molecular weight is 441 g/mol. The summed E-state index contributed by atoms with van der Waals surface area (Å²) in [7, 11) is 0. The summed E-state index contributed by atoms with van der Waals surface area (Å²) in [5, 5.41) is 13.9. The van der Waals surface area contributed by atoms with Crippen LogP contribution in [0.25, 0.3) is 0 Å². The molecule has 4 nitrogen and oxygen atoms in total. The summed E-state index contributed by atoms with van der Waals surface area (Å²) < 4.78 is 80.2. The molecule has 0 radical (unpaired) electrons. The predicted molar refractivity (Wildman–Crippen MR) is 96.6 cm³/mol. The Labute approximate surface area is 168 Å². The van der Waals surface area contributed by atoms with Crippen molar-refractivity contribution < 1.29 is 31.4 Å². The third-order valence-electron chi connectivity index (χ3n) is 4.99. The van der Waals surface area contributed by atoms with Gasteiger partial charge in [-0.15, -0.1) is 0 Å². The average Bonchev–Trinajstić information content (AvgIpc) is 2.95. The number of H-pyrrole nitrogens is 1. The summed E-state index contributed by atoms with van der Waals surface area (Å²) >= 11 is 5.03. The minimum absolute atomic E-state index is 0.0582. The van der Waals surface area contributed by atoms with Crippen LogP contribution in [0.15, 0.2) is 24.5 Å². The summed E-state index contributed by atoms with van der Waals surface area (Å²) in [6.07, 6.45) is -8.93. The van der Waals surface area contributed by atoms with Crippen molar-refractivity contribution in [2.45, 2.75) is 58.1 Å². The number of halogens is 6. The fourth-order valence-corrected chi connectivity index (χ4v) is 3.09. The van der Waals surface area contributed by atoms with Crippen LogP contribution >= 0.6 is 12.2 Å².